The maximum absolute atomic E-state index is 12.4. The molecule has 2 aromatic carbocycles. The van der Waals surface area contributed by atoms with Gasteiger partial charge >= 0.3 is 5.97 Å². The van der Waals surface area contributed by atoms with Crippen LogP contribution in [0.5, 0.6) is 0 Å². The minimum absolute atomic E-state index is 0.0258. The molecule has 1 fully saturated rings. The van der Waals surface area contributed by atoms with Gasteiger partial charge in [0.2, 0.25) is 5.91 Å². The molecule has 1 unspecified atom stereocenters. The van der Waals surface area contributed by atoms with Gasteiger partial charge in [0.05, 0.1) is 11.3 Å². The van der Waals surface area contributed by atoms with Gasteiger partial charge in [0.25, 0.3) is 0 Å². The Morgan fingerprint density at radius 2 is 1.92 bits per heavy atom. The van der Waals surface area contributed by atoms with E-state index in [-0.39, 0.29) is 22.5 Å². The third-order valence-corrected chi connectivity index (χ3v) is 5.16. The van der Waals surface area contributed by atoms with Crippen LogP contribution in [-0.4, -0.2) is 34.4 Å². The van der Waals surface area contributed by atoms with E-state index in [4.69, 9.17) is 0 Å². The summed E-state index contributed by atoms with van der Waals surface area (Å²) in [7, 11) is 0. The van der Waals surface area contributed by atoms with E-state index < -0.39 is 5.97 Å². The molecule has 1 heterocycles. The lowest BCUT2D eigenvalue weighted by molar-refractivity contribution is -0.117. The van der Waals surface area contributed by atoms with Crippen LogP contribution >= 0.6 is 11.8 Å². The number of carboxylic acid groups (broad SMARTS) is 1. The third kappa shape index (κ3) is 3.28. The van der Waals surface area contributed by atoms with Gasteiger partial charge in [0.1, 0.15) is 0 Å². The van der Waals surface area contributed by atoms with E-state index in [0.29, 0.717) is 24.4 Å². The Morgan fingerprint density at radius 3 is 2.54 bits per heavy atom. The zero-order valence-electron chi connectivity index (χ0n) is 13.2. The van der Waals surface area contributed by atoms with Crippen LogP contribution < -0.4 is 4.90 Å². The van der Waals surface area contributed by atoms with Crippen LogP contribution in [0.15, 0.2) is 36.4 Å². The van der Waals surface area contributed by atoms with Gasteiger partial charge in [-0.2, -0.15) is 0 Å². The fourth-order valence-electron chi connectivity index (χ4n) is 2.98. The summed E-state index contributed by atoms with van der Waals surface area (Å²) < 4.78 is 0. The number of anilines is 1. The van der Waals surface area contributed by atoms with E-state index in [2.05, 4.69) is 0 Å². The molecule has 1 aliphatic heterocycles. The molecule has 6 heteroatoms. The number of amides is 1. The Hall–Kier alpha value is -2.34. The number of thioether (sulfide) groups is 1. The number of aromatic carboxylic acids is 1. The summed E-state index contributed by atoms with van der Waals surface area (Å²) in [5.74, 6) is -0.514. The number of rotatable bonds is 4. The first-order valence-electron chi connectivity index (χ1n) is 7.65. The summed E-state index contributed by atoms with van der Waals surface area (Å²) in [6, 6.07) is 10.8. The molecule has 0 saturated carbocycles. The number of fused-ring (bicyclic) bond motifs is 1. The second-order valence-corrected chi connectivity index (χ2v) is 7.10. The molecule has 1 atom stereocenters. The van der Waals surface area contributed by atoms with Crippen LogP contribution in [0.3, 0.4) is 0 Å². The average molecular weight is 343 g/mol. The topological polar surface area (TPSA) is 74.7 Å². The highest BCUT2D eigenvalue weighted by molar-refractivity contribution is 8.13. The van der Waals surface area contributed by atoms with Crippen LogP contribution in [0.2, 0.25) is 0 Å². The van der Waals surface area contributed by atoms with E-state index in [1.807, 2.05) is 24.3 Å². The molecule has 1 aliphatic rings. The molecule has 2 aromatic rings. The monoisotopic (exact) mass is 343 g/mol. The van der Waals surface area contributed by atoms with Crippen molar-refractivity contribution in [3.8, 4) is 0 Å². The van der Waals surface area contributed by atoms with Crippen LogP contribution in [0.25, 0.3) is 10.8 Å². The van der Waals surface area contributed by atoms with Crippen molar-refractivity contribution < 1.29 is 19.5 Å². The molecule has 1 amide bonds. The normalized spacial score (nSPS) is 17.5. The van der Waals surface area contributed by atoms with Gasteiger partial charge in [-0.25, -0.2) is 4.79 Å². The molecular formula is C18H17NO4S. The van der Waals surface area contributed by atoms with Crippen molar-refractivity contribution in [2.24, 2.45) is 5.92 Å². The van der Waals surface area contributed by atoms with Gasteiger partial charge in [-0.3, -0.25) is 9.59 Å². The molecule has 3 rings (SSSR count). The number of carbonyl (C=O) groups is 3. The number of hydrogen-bond acceptors (Lipinski definition) is 4. The van der Waals surface area contributed by atoms with E-state index in [1.165, 1.54) is 18.7 Å². The Balaban J connectivity index is 1.95. The molecule has 0 radical (unpaired) electrons. The molecule has 24 heavy (non-hydrogen) atoms. The van der Waals surface area contributed by atoms with E-state index >= 15 is 0 Å². The maximum atomic E-state index is 12.4. The Bertz CT molecular complexity index is 833. The maximum Gasteiger partial charge on any atom is 0.337 e. The zero-order chi connectivity index (χ0) is 17.3. The highest BCUT2D eigenvalue weighted by Crippen LogP contribution is 2.33. The summed E-state index contributed by atoms with van der Waals surface area (Å²) in [6.45, 7) is 1.95. The first kappa shape index (κ1) is 16.5. The van der Waals surface area contributed by atoms with Crippen molar-refractivity contribution in [3.05, 3.63) is 42.0 Å². The summed E-state index contributed by atoms with van der Waals surface area (Å²) in [5.41, 5.74) is 0.559. The predicted molar refractivity (Wildman–Crippen MR) is 94.5 cm³/mol. The fraction of sp³-hybridized carbons (Fsp3) is 0.278. The quantitative estimate of drug-likeness (QED) is 0.923. The van der Waals surface area contributed by atoms with Gasteiger partial charge < -0.3 is 10.0 Å². The molecule has 0 spiro atoms. The number of nitrogens with zero attached hydrogens (tertiary/aromatic N) is 1. The minimum atomic E-state index is -1.05. The molecule has 0 aliphatic carbocycles. The van der Waals surface area contributed by atoms with E-state index in [0.717, 1.165) is 10.8 Å². The largest absolute Gasteiger partial charge is 0.478 e. The Kier molecular flexibility index (Phi) is 4.57. The highest BCUT2D eigenvalue weighted by atomic mass is 32.2. The molecular weight excluding hydrogens is 326 g/mol. The molecule has 0 aromatic heterocycles. The molecule has 124 valence electrons. The van der Waals surface area contributed by atoms with Gasteiger partial charge in [0, 0.05) is 25.6 Å². The lowest BCUT2D eigenvalue weighted by Crippen LogP contribution is -2.26. The van der Waals surface area contributed by atoms with Gasteiger partial charge in [-0.05, 0) is 28.8 Å². The van der Waals surface area contributed by atoms with Gasteiger partial charge in [0.15, 0.2) is 5.12 Å². The van der Waals surface area contributed by atoms with Crippen LogP contribution in [-0.2, 0) is 9.59 Å². The summed E-state index contributed by atoms with van der Waals surface area (Å²) in [6.07, 6.45) is 0.339. The molecule has 1 saturated heterocycles. The smallest absolute Gasteiger partial charge is 0.337 e. The predicted octanol–water partition coefficient (Wildman–Crippen LogP) is 3.17. The summed E-state index contributed by atoms with van der Waals surface area (Å²) >= 11 is 1.21. The van der Waals surface area contributed by atoms with E-state index in [1.54, 1.807) is 17.0 Å². The van der Waals surface area contributed by atoms with Crippen LogP contribution in [0, 0.1) is 5.92 Å². The first-order valence-corrected chi connectivity index (χ1v) is 8.64. The SMILES string of the molecule is CC(=O)SCC1CC(=O)N(c2cc3ccccc3cc2C(=O)O)C1. The number of benzene rings is 2. The first-order chi connectivity index (χ1) is 11.5. The Morgan fingerprint density at radius 1 is 1.25 bits per heavy atom. The van der Waals surface area contributed by atoms with Gasteiger partial charge in [-0.1, -0.05) is 36.0 Å². The minimum Gasteiger partial charge on any atom is -0.478 e. The van der Waals surface area contributed by atoms with Crippen molar-refractivity contribution in [2.75, 3.05) is 17.2 Å². The molecule has 5 nitrogen and oxygen atoms in total. The number of hydrogen-bond donors (Lipinski definition) is 1. The van der Waals surface area contributed by atoms with Crippen molar-refractivity contribution in [2.45, 2.75) is 13.3 Å². The van der Waals surface area contributed by atoms with Crippen molar-refractivity contribution in [1.82, 2.24) is 0 Å². The van der Waals surface area contributed by atoms with Crippen molar-refractivity contribution in [3.63, 3.8) is 0 Å². The average Bonchev–Trinajstić information content (AvgIpc) is 2.92. The third-order valence-electron chi connectivity index (χ3n) is 4.11. The van der Waals surface area contributed by atoms with Crippen LogP contribution in [0.4, 0.5) is 5.69 Å². The van der Waals surface area contributed by atoms with Crippen molar-refractivity contribution >= 4 is 45.2 Å². The second-order valence-electron chi connectivity index (χ2n) is 5.90. The number of carbonyl (C=O) groups excluding carboxylic acids is 2. The summed E-state index contributed by atoms with van der Waals surface area (Å²) in [4.78, 5) is 36.7. The van der Waals surface area contributed by atoms with Crippen LogP contribution in [0.1, 0.15) is 23.7 Å². The Labute approximate surface area is 143 Å². The zero-order valence-corrected chi connectivity index (χ0v) is 14.0. The number of carboxylic acids is 1. The molecule has 1 N–H and O–H groups in total. The fourth-order valence-corrected chi connectivity index (χ4v) is 3.68. The second kappa shape index (κ2) is 6.65. The summed E-state index contributed by atoms with van der Waals surface area (Å²) in [5, 5.41) is 11.3. The van der Waals surface area contributed by atoms with Gasteiger partial charge in [-0.15, -0.1) is 0 Å². The lowest BCUT2D eigenvalue weighted by Gasteiger charge is -2.20. The standard InChI is InChI=1S/C18H17NO4S/c1-11(20)24-10-12-6-17(21)19(9-12)16-8-14-5-3-2-4-13(14)7-15(16)18(22)23/h2-5,7-8,12H,6,9-10H2,1H3,(H,22,23). The lowest BCUT2D eigenvalue weighted by atomic mass is 10.0. The highest BCUT2D eigenvalue weighted by Gasteiger charge is 2.33. The van der Waals surface area contributed by atoms with E-state index in [9.17, 15) is 19.5 Å². The van der Waals surface area contributed by atoms with Crippen molar-refractivity contribution in [1.29, 1.82) is 0 Å². The molecule has 0 bridgehead atoms.